The number of hydrogen-bond donors (Lipinski definition) is 2. The summed E-state index contributed by atoms with van der Waals surface area (Å²) in [7, 11) is 0. The van der Waals surface area contributed by atoms with E-state index in [-0.39, 0.29) is 5.41 Å². The van der Waals surface area contributed by atoms with E-state index in [1.165, 1.54) is 11.1 Å². The van der Waals surface area contributed by atoms with Crippen molar-refractivity contribution in [2.24, 2.45) is 0 Å². The summed E-state index contributed by atoms with van der Waals surface area (Å²) in [5.41, 5.74) is 5.88. The zero-order chi connectivity index (χ0) is 23.3. The molecule has 0 aliphatic rings. The van der Waals surface area contributed by atoms with E-state index in [1.807, 2.05) is 13.8 Å². The molecule has 0 heterocycles. The molecule has 0 radical (unpaired) electrons. The molecular weight excluding hydrogens is 384 g/mol. The van der Waals surface area contributed by atoms with Crippen molar-refractivity contribution in [1.29, 1.82) is 0 Å². The third kappa shape index (κ3) is 5.61. The molecule has 0 amide bonds. The second-order valence-electron chi connectivity index (χ2n) is 9.15. The molecule has 172 valence electrons. The summed E-state index contributed by atoms with van der Waals surface area (Å²) < 4.78 is 0. The van der Waals surface area contributed by atoms with Gasteiger partial charge in [0.15, 0.2) is 0 Å². The first kappa shape index (κ1) is 25.2. The van der Waals surface area contributed by atoms with Gasteiger partial charge in [0.05, 0.1) is 0 Å². The Morgan fingerprint density at radius 3 is 1.26 bits per heavy atom. The van der Waals surface area contributed by atoms with Gasteiger partial charge in [-0.1, -0.05) is 53.7 Å². The first-order chi connectivity index (χ1) is 14.6. The van der Waals surface area contributed by atoms with Gasteiger partial charge in [0.2, 0.25) is 0 Å². The molecule has 0 unspecified atom stereocenters. The van der Waals surface area contributed by atoms with Gasteiger partial charge >= 0.3 is 0 Å². The predicted molar refractivity (Wildman–Crippen MR) is 131 cm³/mol. The Balaban J connectivity index is 2.54. The van der Waals surface area contributed by atoms with E-state index in [0.29, 0.717) is 11.5 Å². The summed E-state index contributed by atoms with van der Waals surface area (Å²) in [6.45, 7) is 22.3. The van der Waals surface area contributed by atoms with E-state index in [1.54, 1.807) is 0 Å². The van der Waals surface area contributed by atoms with E-state index in [4.69, 9.17) is 0 Å². The summed E-state index contributed by atoms with van der Waals surface area (Å²) in [6, 6.07) is 8.53. The molecule has 2 aromatic carbocycles. The molecule has 0 fully saturated rings. The van der Waals surface area contributed by atoms with Gasteiger partial charge in [-0.3, -0.25) is 9.80 Å². The lowest BCUT2D eigenvalue weighted by molar-refractivity contribution is 0.290. The van der Waals surface area contributed by atoms with Crippen LogP contribution in [0.4, 0.5) is 0 Å². The normalized spacial score (nSPS) is 12.2. The van der Waals surface area contributed by atoms with Crippen LogP contribution in [0.25, 0.3) is 0 Å². The molecule has 2 aromatic rings. The Hall–Kier alpha value is -2.04. The maximum absolute atomic E-state index is 10.7. The average molecular weight is 427 g/mol. The van der Waals surface area contributed by atoms with E-state index >= 15 is 0 Å². The van der Waals surface area contributed by atoms with Crippen molar-refractivity contribution in [2.75, 3.05) is 26.2 Å². The molecule has 0 aromatic heterocycles. The van der Waals surface area contributed by atoms with Crippen LogP contribution in [0, 0.1) is 13.8 Å². The molecule has 0 spiro atoms. The van der Waals surface area contributed by atoms with Crippen molar-refractivity contribution in [3.05, 3.63) is 57.6 Å². The monoisotopic (exact) mass is 426 g/mol. The van der Waals surface area contributed by atoms with Crippen LogP contribution < -0.4 is 0 Å². The van der Waals surface area contributed by atoms with Crippen molar-refractivity contribution in [1.82, 2.24) is 9.80 Å². The fraction of sp³-hybridized carbons (Fsp3) is 0.556. The van der Waals surface area contributed by atoms with Crippen LogP contribution in [0.15, 0.2) is 24.3 Å². The van der Waals surface area contributed by atoms with Crippen LogP contribution in [0.1, 0.15) is 74.9 Å². The van der Waals surface area contributed by atoms with E-state index in [2.05, 4.69) is 75.6 Å². The van der Waals surface area contributed by atoms with Crippen molar-refractivity contribution < 1.29 is 10.2 Å². The number of phenolic OH excluding ortho intramolecular Hbond substituents is 2. The molecule has 0 aliphatic carbocycles. The number of hydrogen-bond acceptors (Lipinski definition) is 4. The Morgan fingerprint density at radius 1 is 0.645 bits per heavy atom. The van der Waals surface area contributed by atoms with Crippen molar-refractivity contribution in [2.45, 2.75) is 73.9 Å². The van der Waals surface area contributed by atoms with Gasteiger partial charge in [0, 0.05) is 29.6 Å². The summed E-state index contributed by atoms with van der Waals surface area (Å²) in [6.07, 6.45) is 0. The van der Waals surface area contributed by atoms with Crippen molar-refractivity contribution >= 4 is 0 Å². The van der Waals surface area contributed by atoms with Crippen LogP contribution in [0.3, 0.4) is 0 Å². The molecule has 2 N–H and O–H groups in total. The second kappa shape index (κ2) is 10.5. The minimum Gasteiger partial charge on any atom is -0.507 e. The molecule has 4 nitrogen and oxygen atoms in total. The summed E-state index contributed by atoms with van der Waals surface area (Å²) in [5.74, 6) is 0.797. The Bertz CT molecular complexity index is 810. The van der Waals surface area contributed by atoms with E-state index in [0.717, 1.165) is 61.5 Å². The van der Waals surface area contributed by atoms with Crippen LogP contribution in [0.2, 0.25) is 0 Å². The van der Waals surface area contributed by atoms with Crippen LogP contribution in [0.5, 0.6) is 11.5 Å². The molecule has 0 atom stereocenters. The molecule has 2 rings (SSSR count). The van der Waals surface area contributed by atoms with Crippen molar-refractivity contribution in [3.8, 4) is 11.5 Å². The lowest BCUT2D eigenvalue weighted by Gasteiger charge is -2.30. The fourth-order valence-electron chi connectivity index (χ4n) is 4.21. The second-order valence-corrected chi connectivity index (χ2v) is 9.15. The molecule has 0 saturated heterocycles. The standard InChI is InChI=1S/C27H42N2O2/c1-9-28(10-2)17-21-15-23(13-19(5)25(21)30)27(7,8)24-14-20(6)26(31)22(16-24)18-29(11-3)12-4/h13-16,30-31H,9-12,17-18H2,1-8H3. The van der Waals surface area contributed by atoms with E-state index < -0.39 is 0 Å². The zero-order valence-electron chi connectivity index (χ0n) is 20.8. The topological polar surface area (TPSA) is 46.9 Å². The summed E-state index contributed by atoms with van der Waals surface area (Å²) in [4.78, 5) is 4.64. The third-order valence-electron chi connectivity index (χ3n) is 6.78. The van der Waals surface area contributed by atoms with Crippen molar-refractivity contribution in [3.63, 3.8) is 0 Å². The number of benzene rings is 2. The largest absolute Gasteiger partial charge is 0.507 e. The maximum atomic E-state index is 10.7. The van der Waals surface area contributed by atoms with Gasteiger partial charge in [-0.2, -0.15) is 0 Å². The SMILES string of the molecule is CCN(CC)Cc1cc(C(C)(C)c2cc(C)c(O)c(CN(CC)CC)c2)cc(C)c1O. The fourth-order valence-corrected chi connectivity index (χ4v) is 4.21. The smallest absolute Gasteiger partial charge is 0.122 e. The van der Waals surface area contributed by atoms with Gasteiger partial charge in [-0.15, -0.1) is 0 Å². The highest BCUT2D eigenvalue weighted by atomic mass is 16.3. The Kier molecular flexibility index (Phi) is 8.56. The van der Waals surface area contributed by atoms with Crippen LogP contribution >= 0.6 is 0 Å². The van der Waals surface area contributed by atoms with Crippen LogP contribution in [-0.2, 0) is 18.5 Å². The quantitative estimate of drug-likeness (QED) is 0.510. The molecule has 0 aliphatic heterocycles. The third-order valence-corrected chi connectivity index (χ3v) is 6.78. The van der Waals surface area contributed by atoms with Gasteiger partial charge in [0.1, 0.15) is 11.5 Å². The number of phenols is 2. The minimum absolute atomic E-state index is 0.257. The first-order valence-electron chi connectivity index (χ1n) is 11.7. The molecule has 0 bridgehead atoms. The number of rotatable bonds is 10. The first-order valence-corrected chi connectivity index (χ1v) is 11.7. The Morgan fingerprint density at radius 2 is 0.968 bits per heavy atom. The molecule has 31 heavy (non-hydrogen) atoms. The molecule has 0 saturated carbocycles. The minimum atomic E-state index is -0.257. The number of aromatic hydroxyl groups is 2. The number of nitrogens with zero attached hydrogens (tertiary/aromatic N) is 2. The van der Waals surface area contributed by atoms with Gasteiger partial charge in [-0.05, 0) is 74.4 Å². The number of aryl methyl sites for hydroxylation is 2. The van der Waals surface area contributed by atoms with Gasteiger partial charge in [0.25, 0.3) is 0 Å². The predicted octanol–water partition coefficient (Wildman–Crippen LogP) is 5.72. The van der Waals surface area contributed by atoms with Crippen LogP contribution in [-0.4, -0.2) is 46.2 Å². The average Bonchev–Trinajstić information content (AvgIpc) is 2.75. The highest BCUT2D eigenvalue weighted by Crippen LogP contribution is 2.38. The lowest BCUT2D eigenvalue weighted by Crippen LogP contribution is -2.25. The molecule has 4 heteroatoms. The summed E-state index contributed by atoms with van der Waals surface area (Å²) in [5, 5.41) is 21.4. The Labute approximate surface area is 189 Å². The summed E-state index contributed by atoms with van der Waals surface area (Å²) >= 11 is 0. The zero-order valence-corrected chi connectivity index (χ0v) is 20.8. The van der Waals surface area contributed by atoms with Gasteiger partial charge in [-0.25, -0.2) is 0 Å². The lowest BCUT2D eigenvalue weighted by atomic mass is 9.76. The maximum Gasteiger partial charge on any atom is 0.122 e. The highest BCUT2D eigenvalue weighted by Gasteiger charge is 2.27. The highest BCUT2D eigenvalue weighted by molar-refractivity contribution is 5.51. The van der Waals surface area contributed by atoms with Gasteiger partial charge < -0.3 is 10.2 Å². The van der Waals surface area contributed by atoms with E-state index in [9.17, 15) is 10.2 Å². The molecular formula is C27H42N2O2.